The lowest BCUT2D eigenvalue weighted by Gasteiger charge is -2.34. The van der Waals surface area contributed by atoms with Crippen LogP contribution in [-0.4, -0.2) is 98.1 Å². The third-order valence-corrected chi connectivity index (χ3v) is 7.97. The fourth-order valence-electron chi connectivity index (χ4n) is 5.77. The molecule has 3 atom stereocenters. The van der Waals surface area contributed by atoms with Crippen LogP contribution in [-0.2, 0) is 25.7 Å². The summed E-state index contributed by atoms with van der Waals surface area (Å²) in [6, 6.07) is 8.05. The highest BCUT2D eigenvalue weighted by Crippen LogP contribution is 2.29. The Kier molecular flexibility index (Phi) is 8.28. The quantitative estimate of drug-likeness (QED) is 0.580. The van der Waals surface area contributed by atoms with E-state index in [1.807, 2.05) is 29.2 Å². The van der Waals surface area contributed by atoms with Gasteiger partial charge < -0.3 is 19.7 Å². The zero-order chi connectivity index (χ0) is 24.9. The molecule has 4 rings (SSSR count). The van der Waals surface area contributed by atoms with Crippen molar-refractivity contribution in [2.45, 2.75) is 56.8 Å². The van der Waals surface area contributed by atoms with Crippen molar-refractivity contribution in [3.63, 3.8) is 0 Å². The Hall–Kier alpha value is -2.65. The van der Waals surface area contributed by atoms with Crippen molar-refractivity contribution in [1.29, 1.82) is 0 Å². The van der Waals surface area contributed by atoms with Crippen molar-refractivity contribution in [2.75, 3.05) is 47.4 Å². The molecule has 1 aromatic carbocycles. The van der Waals surface area contributed by atoms with Crippen molar-refractivity contribution < 1.29 is 23.9 Å². The highest BCUT2D eigenvalue weighted by Gasteiger charge is 2.45. The van der Waals surface area contributed by atoms with E-state index in [4.69, 9.17) is 9.47 Å². The number of nitrogens with one attached hydrogen (secondary N) is 1. The number of fused-ring (bicyclic) bond motifs is 1. The van der Waals surface area contributed by atoms with E-state index >= 15 is 0 Å². The van der Waals surface area contributed by atoms with Gasteiger partial charge >= 0.3 is 5.97 Å². The lowest BCUT2D eigenvalue weighted by Crippen LogP contribution is -2.49. The molecule has 2 amide bonds. The van der Waals surface area contributed by atoms with Gasteiger partial charge in [0.15, 0.2) is 0 Å². The summed E-state index contributed by atoms with van der Waals surface area (Å²) in [7, 11) is 5.16. The van der Waals surface area contributed by atoms with Crippen molar-refractivity contribution in [3.05, 3.63) is 29.8 Å². The van der Waals surface area contributed by atoms with Gasteiger partial charge in [-0.1, -0.05) is 12.1 Å². The van der Waals surface area contributed by atoms with E-state index in [1.165, 1.54) is 7.11 Å². The Balaban J connectivity index is 1.31. The van der Waals surface area contributed by atoms with Crippen LogP contribution in [0.2, 0.25) is 0 Å². The maximum absolute atomic E-state index is 13.1. The second kappa shape index (κ2) is 11.4. The lowest BCUT2D eigenvalue weighted by atomic mass is 9.96. The van der Waals surface area contributed by atoms with Crippen LogP contribution in [0, 0.1) is 5.92 Å². The van der Waals surface area contributed by atoms with E-state index in [2.05, 4.69) is 22.2 Å². The molecule has 9 heteroatoms. The van der Waals surface area contributed by atoms with E-state index in [1.54, 1.807) is 7.11 Å². The number of hydrogen-bond donors (Lipinski definition) is 1. The van der Waals surface area contributed by atoms with E-state index in [9.17, 15) is 14.4 Å². The maximum Gasteiger partial charge on any atom is 0.308 e. The topological polar surface area (TPSA) is 91.4 Å². The summed E-state index contributed by atoms with van der Waals surface area (Å²) in [6.45, 7) is 3.33. The summed E-state index contributed by atoms with van der Waals surface area (Å²) >= 11 is 0. The predicted molar refractivity (Wildman–Crippen MR) is 131 cm³/mol. The third-order valence-electron chi connectivity index (χ3n) is 7.97. The molecule has 0 aliphatic carbocycles. The second-order valence-corrected chi connectivity index (χ2v) is 9.90. The van der Waals surface area contributed by atoms with Gasteiger partial charge in [0.25, 0.3) is 0 Å². The highest BCUT2D eigenvalue weighted by molar-refractivity contribution is 5.83. The monoisotopic (exact) mass is 486 g/mol. The Morgan fingerprint density at radius 3 is 2.43 bits per heavy atom. The van der Waals surface area contributed by atoms with Crippen molar-refractivity contribution in [1.82, 2.24) is 20.0 Å². The Morgan fingerprint density at radius 1 is 1.06 bits per heavy atom. The molecule has 0 bridgehead atoms. The maximum atomic E-state index is 13.1. The molecule has 0 radical (unpaired) electrons. The summed E-state index contributed by atoms with van der Waals surface area (Å²) < 4.78 is 10.1. The van der Waals surface area contributed by atoms with Crippen LogP contribution in [0.3, 0.4) is 0 Å². The average Bonchev–Trinajstić information content (AvgIpc) is 3.26. The summed E-state index contributed by atoms with van der Waals surface area (Å²) in [6.07, 6.45) is 3.39. The molecule has 0 aromatic heterocycles. The normalized spacial score (nSPS) is 26.1. The van der Waals surface area contributed by atoms with Crippen LogP contribution in [0.5, 0.6) is 5.75 Å². The van der Waals surface area contributed by atoms with Crippen molar-refractivity contribution in [2.24, 2.45) is 5.92 Å². The summed E-state index contributed by atoms with van der Waals surface area (Å²) in [4.78, 5) is 44.1. The highest BCUT2D eigenvalue weighted by atomic mass is 16.5. The average molecular weight is 487 g/mol. The van der Waals surface area contributed by atoms with Gasteiger partial charge in [-0.2, -0.15) is 0 Å². The number of piperidine rings is 1. The Bertz CT molecular complexity index is 900. The molecule has 3 aliphatic rings. The molecular weight excluding hydrogens is 448 g/mol. The number of likely N-dealkylation sites (N-methyl/N-ethyl adjacent to an activating group) is 1. The molecule has 0 saturated carbocycles. The molecule has 3 saturated heterocycles. The Morgan fingerprint density at radius 2 is 1.77 bits per heavy atom. The van der Waals surface area contributed by atoms with Crippen LogP contribution in [0.25, 0.3) is 0 Å². The first-order chi connectivity index (χ1) is 16.9. The van der Waals surface area contributed by atoms with Gasteiger partial charge in [0, 0.05) is 51.2 Å². The number of likely N-dealkylation sites (tertiary alicyclic amines) is 2. The third kappa shape index (κ3) is 5.78. The molecule has 192 valence electrons. The van der Waals surface area contributed by atoms with Crippen LogP contribution in [0.4, 0.5) is 0 Å². The van der Waals surface area contributed by atoms with E-state index in [0.717, 1.165) is 30.8 Å². The van der Waals surface area contributed by atoms with Crippen LogP contribution >= 0.6 is 0 Å². The van der Waals surface area contributed by atoms with Crippen molar-refractivity contribution in [3.8, 4) is 5.75 Å². The molecule has 3 aliphatic heterocycles. The number of ether oxygens (including phenoxy) is 2. The van der Waals surface area contributed by atoms with Gasteiger partial charge in [-0.25, -0.2) is 0 Å². The standard InChI is InChI=1S/C26H38N4O5/c1-28-20(6-9-23(31)29-13-10-19(11-14-29)26(33)35-3)16-27-25(32)24-22(28)12-15-30(24)17-18-4-7-21(34-2)8-5-18/h4-5,7-8,19-20,22,24H,6,9-17H2,1-3H3,(H,27,32)/t20-,22-,24-/m0/s1. The number of hydrogen-bond acceptors (Lipinski definition) is 7. The van der Waals surface area contributed by atoms with Gasteiger partial charge in [0.2, 0.25) is 11.8 Å². The smallest absolute Gasteiger partial charge is 0.308 e. The van der Waals surface area contributed by atoms with Gasteiger partial charge in [0.05, 0.1) is 20.1 Å². The van der Waals surface area contributed by atoms with Gasteiger partial charge in [0.1, 0.15) is 11.8 Å². The lowest BCUT2D eigenvalue weighted by molar-refractivity contribution is -0.149. The summed E-state index contributed by atoms with van der Waals surface area (Å²) in [5, 5.41) is 3.14. The fraction of sp³-hybridized carbons (Fsp3) is 0.654. The zero-order valence-electron chi connectivity index (χ0n) is 21.1. The van der Waals surface area contributed by atoms with Crippen LogP contribution in [0.15, 0.2) is 24.3 Å². The first kappa shape index (κ1) is 25.4. The number of methoxy groups -OCH3 is 2. The number of carbonyl (C=O) groups is 3. The summed E-state index contributed by atoms with van der Waals surface area (Å²) in [5.41, 5.74) is 1.16. The van der Waals surface area contributed by atoms with Gasteiger partial charge in [-0.3, -0.25) is 24.2 Å². The molecule has 3 heterocycles. The van der Waals surface area contributed by atoms with Crippen LogP contribution < -0.4 is 10.1 Å². The molecule has 0 unspecified atom stereocenters. The van der Waals surface area contributed by atoms with Crippen LogP contribution in [0.1, 0.15) is 37.7 Å². The fourth-order valence-corrected chi connectivity index (χ4v) is 5.77. The molecule has 9 nitrogen and oxygen atoms in total. The minimum atomic E-state index is -0.194. The molecular formula is C26H38N4O5. The minimum Gasteiger partial charge on any atom is -0.497 e. The van der Waals surface area contributed by atoms with Gasteiger partial charge in [-0.15, -0.1) is 0 Å². The number of esters is 1. The molecule has 1 N–H and O–H groups in total. The SMILES string of the molecule is COC(=O)C1CCN(C(=O)CC[C@H]2CNC(=O)[C@@H]3[C@H](CCN3Cc3ccc(OC)cc3)N2C)CC1. The van der Waals surface area contributed by atoms with E-state index < -0.39 is 0 Å². The first-order valence-electron chi connectivity index (χ1n) is 12.6. The number of carbonyl (C=O) groups excluding carboxylic acids is 3. The molecule has 35 heavy (non-hydrogen) atoms. The minimum absolute atomic E-state index is 0.0755. The first-order valence-corrected chi connectivity index (χ1v) is 12.6. The molecule has 0 spiro atoms. The Labute approximate surface area is 207 Å². The summed E-state index contributed by atoms with van der Waals surface area (Å²) in [5.74, 6) is 0.741. The number of benzene rings is 1. The van der Waals surface area contributed by atoms with E-state index in [-0.39, 0.29) is 41.8 Å². The molecule has 3 fully saturated rings. The van der Waals surface area contributed by atoms with Crippen molar-refractivity contribution >= 4 is 17.8 Å². The number of nitrogens with zero attached hydrogens (tertiary/aromatic N) is 3. The zero-order valence-corrected chi connectivity index (χ0v) is 21.1. The number of amides is 2. The predicted octanol–water partition coefficient (Wildman–Crippen LogP) is 1.26. The van der Waals surface area contributed by atoms with E-state index in [0.29, 0.717) is 45.3 Å². The molecule has 1 aromatic rings. The van der Waals surface area contributed by atoms with Gasteiger partial charge in [-0.05, 0) is 50.4 Å². The largest absolute Gasteiger partial charge is 0.497 e. The number of rotatable bonds is 7. The second-order valence-electron chi connectivity index (χ2n) is 9.90.